The van der Waals surface area contributed by atoms with Crippen molar-refractivity contribution < 1.29 is 19.4 Å². The number of carbonyl (C=O) groups excluding carboxylic acids is 1. The Hall–Kier alpha value is -3.19. The van der Waals surface area contributed by atoms with Gasteiger partial charge in [0.2, 0.25) is 0 Å². The van der Waals surface area contributed by atoms with Gasteiger partial charge in [0.1, 0.15) is 17.1 Å². The van der Waals surface area contributed by atoms with Gasteiger partial charge in [-0.15, -0.1) is 0 Å². The molecule has 1 atom stereocenters. The number of H-pyrrole nitrogens is 1. The molecule has 2 heterocycles. The van der Waals surface area contributed by atoms with Gasteiger partial charge >= 0.3 is 0 Å². The fourth-order valence-electron chi connectivity index (χ4n) is 4.67. The molecule has 0 saturated heterocycles. The number of phenolic OH excluding ortho intramolecular Hbond substituents is 1. The third kappa shape index (κ3) is 4.89. The summed E-state index contributed by atoms with van der Waals surface area (Å²) in [6.07, 6.45) is 4.97. The normalized spacial score (nSPS) is 14.9. The third-order valence-corrected chi connectivity index (χ3v) is 7.06. The fraction of sp³-hybridized carbons (Fsp3) is 0.429. The first-order valence-corrected chi connectivity index (χ1v) is 13.0. The molecule has 0 aliphatic carbocycles. The summed E-state index contributed by atoms with van der Waals surface area (Å²) in [4.78, 5) is 15.4. The quantitative estimate of drug-likeness (QED) is 0.281. The number of nitrogens with one attached hydrogen (secondary N) is 1. The number of benzene rings is 2. The van der Waals surface area contributed by atoms with Gasteiger partial charge in [0.25, 0.3) is 5.91 Å². The highest BCUT2D eigenvalue weighted by Crippen LogP contribution is 2.46. The van der Waals surface area contributed by atoms with Crippen molar-refractivity contribution in [3.05, 3.63) is 57.7 Å². The highest BCUT2D eigenvalue weighted by Gasteiger charge is 2.42. The maximum atomic E-state index is 13.5. The van der Waals surface area contributed by atoms with Crippen molar-refractivity contribution in [2.45, 2.75) is 58.9 Å². The molecule has 1 aliphatic rings. The maximum absolute atomic E-state index is 13.5. The van der Waals surface area contributed by atoms with E-state index in [0.717, 1.165) is 48.8 Å². The summed E-state index contributed by atoms with van der Waals surface area (Å²) in [6.45, 7) is 7.31. The van der Waals surface area contributed by atoms with Crippen molar-refractivity contribution in [3.63, 3.8) is 0 Å². The number of halogens is 1. The summed E-state index contributed by atoms with van der Waals surface area (Å²) in [5.41, 5.74) is 3.82. The Morgan fingerprint density at radius 3 is 2.61 bits per heavy atom. The number of aromatic nitrogens is 2. The molecule has 8 heteroatoms. The number of amides is 1. The average Bonchev–Trinajstić information content (AvgIpc) is 3.41. The van der Waals surface area contributed by atoms with Crippen LogP contribution in [0.2, 0.25) is 5.02 Å². The van der Waals surface area contributed by atoms with Crippen LogP contribution in [0.15, 0.2) is 30.3 Å². The van der Waals surface area contributed by atoms with E-state index in [4.69, 9.17) is 21.1 Å². The van der Waals surface area contributed by atoms with E-state index in [9.17, 15) is 9.90 Å². The number of hydrogen-bond acceptors (Lipinski definition) is 5. The van der Waals surface area contributed by atoms with E-state index in [1.165, 1.54) is 0 Å². The number of phenols is 1. The number of unbranched alkanes of at least 4 members (excludes halogenated alkanes) is 3. The van der Waals surface area contributed by atoms with E-state index in [-0.39, 0.29) is 11.7 Å². The molecule has 4 rings (SSSR count). The lowest BCUT2D eigenvalue weighted by Gasteiger charge is -2.27. The van der Waals surface area contributed by atoms with Crippen LogP contribution in [0.4, 0.5) is 0 Å². The molecule has 3 aromatic rings. The molecule has 1 unspecified atom stereocenters. The Kier molecular flexibility index (Phi) is 8.09. The summed E-state index contributed by atoms with van der Waals surface area (Å²) < 4.78 is 11.6. The number of fused-ring (bicyclic) bond motifs is 1. The van der Waals surface area contributed by atoms with E-state index in [1.807, 2.05) is 30.0 Å². The van der Waals surface area contributed by atoms with Gasteiger partial charge in [0.15, 0.2) is 11.5 Å². The number of methoxy groups -OCH3 is 1. The van der Waals surface area contributed by atoms with E-state index in [1.54, 1.807) is 19.2 Å². The van der Waals surface area contributed by atoms with Crippen LogP contribution in [0.3, 0.4) is 0 Å². The van der Waals surface area contributed by atoms with Crippen molar-refractivity contribution in [2.75, 3.05) is 20.3 Å². The van der Waals surface area contributed by atoms with E-state index >= 15 is 0 Å². The standard InChI is InChI=1S/C28H34ClN3O4/c1-5-7-9-12-32-27(18-10-11-22(23(15-18)35-4)36-13-8-6-2)24-25(30-31-26(24)28(32)34)19-16-20(29)17(3)14-21(19)33/h10-11,14-16,27,33H,5-9,12-13H2,1-4H3,(H,30,31). The predicted octanol–water partition coefficient (Wildman–Crippen LogP) is 6.67. The Morgan fingerprint density at radius 1 is 1.11 bits per heavy atom. The summed E-state index contributed by atoms with van der Waals surface area (Å²) in [6, 6.07) is 8.74. The Labute approximate surface area is 217 Å². The minimum atomic E-state index is -0.392. The molecule has 192 valence electrons. The van der Waals surface area contributed by atoms with Gasteiger partial charge in [-0.1, -0.05) is 50.8 Å². The van der Waals surface area contributed by atoms with Gasteiger partial charge in [0, 0.05) is 22.7 Å². The molecule has 1 amide bonds. The van der Waals surface area contributed by atoms with Gasteiger partial charge in [-0.05, 0) is 55.2 Å². The summed E-state index contributed by atoms with van der Waals surface area (Å²) >= 11 is 6.40. The Balaban J connectivity index is 1.81. The van der Waals surface area contributed by atoms with Crippen LogP contribution in [0, 0.1) is 6.92 Å². The first-order chi connectivity index (χ1) is 17.4. The second-order valence-corrected chi connectivity index (χ2v) is 9.61. The first kappa shape index (κ1) is 25.9. The second-order valence-electron chi connectivity index (χ2n) is 9.20. The Bertz CT molecular complexity index is 1240. The minimum absolute atomic E-state index is 0.0686. The fourth-order valence-corrected chi connectivity index (χ4v) is 4.83. The maximum Gasteiger partial charge on any atom is 0.273 e. The highest BCUT2D eigenvalue weighted by atomic mass is 35.5. The largest absolute Gasteiger partial charge is 0.507 e. The molecule has 2 N–H and O–H groups in total. The summed E-state index contributed by atoms with van der Waals surface area (Å²) in [7, 11) is 1.62. The van der Waals surface area contributed by atoms with Crippen molar-refractivity contribution in [1.82, 2.24) is 15.1 Å². The SMILES string of the molecule is CCCCCN1C(=O)c2[nH]nc(-c3cc(Cl)c(C)cc3O)c2C1c1ccc(OCCCC)c(OC)c1. The molecule has 0 radical (unpaired) electrons. The number of aryl methyl sites for hydroxylation is 1. The molecule has 0 bridgehead atoms. The lowest BCUT2D eigenvalue weighted by molar-refractivity contribution is 0.0740. The van der Waals surface area contributed by atoms with Crippen molar-refractivity contribution in [1.29, 1.82) is 0 Å². The molecule has 0 saturated carbocycles. The van der Waals surface area contributed by atoms with Crippen LogP contribution in [0.5, 0.6) is 17.2 Å². The average molecular weight is 512 g/mol. The monoisotopic (exact) mass is 511 g/mol. The molecule has 0 fully saturated rings. The van der Waals surface area contributed by atoms with Crippen LogP contribution >= 0.6 is 11.6 Å². The number of aromatic amines is 1. The molecule has 36 heavy (non-hydrogen) atoms. The lowest BCUT2D eigenvalue weighted by atomic mass is 9.95. The van der Waals surface area contributed by atoms with Gasteiger partial charge in [-0.25, -0.2) is 0 Å². The lowest BCUT2D eigenvalue weighted by Crippen LogP contribution is -2.30. The zero-order chi connectivity index (χ0) is 25.8. The number of hydrogen-bond donors (Lipinski definition) is 2. The zero-order valence-corrected chi connectivity index (χ0v) is 22.1. The van der Waals surface area contributed by atoms with Gasteiger partial charge < -0.3 is 19.5 Å². The smallest absolute Gasteiger partial charge is 0.273 e. The highest BCUT2D eigenvalue weighted by molar-refractivity contribution is 6.31. The number of carbonyl (C=O) groups is 1. The van der Waals surface area contributed by atoms with E-state index < -0.39 is 6.04 Å². The Morgan fingerprint density at radius 2 is 1.89 bits per heavy atom. The minimum Gasteiger partial charge on any atom is -0.507 e. The molecule has 7 nitrogen and oxygen atoms in total. The predicted molar refractivity (Wildman–Crippen MR) is 141 cm³/mol. The topological polar surface area (TPSA) is 87.7 Å². The summed E-state index contributed by atoms with van der Waals surface area (Å²) in [5, 5.41) is 18.7. The molecule has 1 aromatic heterocycles. The third-order valence-electron chi connectivity index (χ3n) is 6.66. The van der Waals surface area contributed by atoms with Gasteiger partial charge in [0.05, 0.1) is 19.8 Å². The van der Waals surface area contributed by atoms with Gasteiger partial charge in [-0.2, -0.15) is 5.10 Å². The molecule has 2 aromatic carbocycles. The molecule has 1 aliphatic heterocycles. The van der Waals surface area contributed by atoms with Gasteiger partial charge in [-0.3, -0.25) is 9.89 Å². The number of nitrogens with zero attached hydrogens (tertiary/aromatic N) is 2. The van der Waals surface area contributed by atoms with Crippen LogP contribution in [-0.4, -0.2) is 46.4 Å². The summed E-state index contributed by atoms with van der Waals surface area (Å²) in [5.74, 6) is 1.25. The second kappa shape index (κ2) is 11.2. The van der Waals surface area contributed by atoms with Crippen LogP contribution in [0.25, 0.3) is 11.3 Å². The number of ether oxygens (including phenoxy) is 2. The number of aromatic hydroxyl groups is 1. The zero-order valence-electron chi connectivity index (χ0n) is 21.4. The molecular formula is C28H34ClN3O4. The van der Waals surface area contributed by atoms with Crippen molar-refractivity contribution in [2.24, 2.45) is 0 Å². The van der Waals surface area contributed by atoms with Crippen molar-refractivity contribution in [3.8, 4) is 28.5 Å². The number of rotatable bonds is 11. The van der Waals surface area contributed by atoms with E-state index in [2.05, 4.69) is 24.0 Å². The van der Waals surface area contributed by atoms with E-state index in [0.29, 0.717) is 46.6 Å². The van der Waals surface area contributed by atoms with Crippen LogP contribution < -0.4 is 9.47 Å². The molecular weight excluding hydrogens is 478 g/mol. The first-order valence-electron chi connectivity index (χ1n) is 12.6. The van der Waals surface area contributed by atoms with Crippen LogP contribution in [0.1, 0.15) is 79.2 Å². The van der Waals surface area contributed by atoms with Crippen LogP contribution in [-0.2, 0) is 0 Å². The van der Waals surface area contributed by atoms with Crippen molar-refractivity contribution >= 4 is 17.5 Å². The molecule has 0 spiro atoms.